The molecule has 0 heterocycles. The van der Waals surface area contributed by atoms with Crippen molar-refractivity contribution in [2.45, 2.75) is 26.2 Å². The highest BCUT2D eigenvalue weighted by Gasteiger charge is 2.09. The summed E-state index contributed by atoms with van der Waals surface area (Å²) in [5, 5.41) is 8.71. The van der Waals surface area contributed by atoms with Gasteiger partial charge < -0.3 is 10.0 Å². The van der Waals surface area contributed by atoms with Crippen LogP contribution in [0.1, 0.15) is 26.2 Å². The summed E-state index contributed by atoms with van der Waals surface area (Å²) in [7, 11) is 0. The zero-order valence-electron chi connectivity index (χ0n) is 8.33. The topological polar surface area (TPSA) is 40.5 Å². The maximum atomic E-state index is 11.4. The number of hydrogen-bond acceptors (Lipinski definition) is 2. The lowest BCUT2D eigenvalue weighted by atomic mass is 10.2. The highest BCUT2D eigenvalue weighted by molar-refractivity contribution is 5.76. The van der Waals surface area contributed by atoms with Crippen LogP contribution in [0, 0.1) is 0 Å². The van der Waals surface area contributed by atoms with E-state index in [4.69, 9.17) is 5.11 Å². The van der Waals surface area contributed by atoms with Crippen LogP contribution in [0.5, 0.6) is 0 Å². The summed E-state index contributed by atoms with van der Waals surface area (Å²) in [6.07, 6.45) is 4.19. The van der Waals surface area contributed by atoms with Crippen molar-refractivity contribution in [1.82, 2.24) is 4.90 Å². The lowest BCUT2D eigenvalue weighted by molar-refractivity contribution is -0.131. The molecule has 0 aliphatic carbocycles. The number of hydrogen-bond donors (Lipinski definition) is 1. The minimum absolute atomic E-state index is 0.0195. The van der Waals surface area contributed by atoms with Crippen molar-refractivity contribution in [3.8, 4) is 0 Å². The lowest BCUT2D eigenvalue weighted by Gasteiger charge is -2.19. The zero-order chi connectivity index (χ0) is 10.1. The molecular weight excluding hydrogens is 166 g/mol. The molecule has 3 heteroatoms. The van der Waals surface area contributed by atoms with E-state index in [2.05, 4.69) is 13.5 Å². The molecule has 0 atom stereocenters. The molecule has 0 rings (SSSR count). The van der Waals surface area contributed by atoms with Crippen molar-refractivity contribution in [1.29, 1.82) is 0 Å². The number of amides is 1. The summed E-state index contributed by atoms with van der Waals surface area (Å²) in [5.41, 5.74) is 0. The van der Waals surface area contributed by atoms with Crippen molar-refractivity contribution in [3.63, 3.8) is 0 Å². The molecule has 1 N–H and O–H groups in total. The number of aliphatic hydroxyl groups is 1. The fourth-order valence-electron chi connectivity index (χ4n) is 1.08. The summed E-state index contributed by atoms with van der Waals surface area (Å²) in [6, 6.07) is 0. The first-order valence-corrected chi connectivity index (χ1v) is 4.75. The van der Waals surface area contributed by atoms with Gasteiger partial charge in [0.05, 0.1) is 6.61 Å². The molecule has 13 heavy (non-hydrogen) atoms. The standard InChI is InChI=1S/C10H19NO2/c1-3-5-6-10(13)11(7-4-2)8-9-12/h4,12H,2-3,5-9H2,1H3. The first kappa shape index (κ1) is 12.2. The predicted octanol–water partition coefficient (Wildman–Crippen LogP) is 1.18. The Labute approximate surface area is 80.0 Å². The molecule has 0 unspecified atom stereocenters. The Hall–Kier alpha value is -0.830. The van der Waals surface area contributed by atoms with E-state index >= 15 is 0 Å². The van der Waals surface area contributed by atoms with Gasteiger partial charge in [0.1, 0.15) is 0 Å². The third-order valence-electron chi connectivity index (χ3n) is 1.82. The molecule has 0 radical (unpaired) electrons. The summed E-state index contributed by atoms with van der Waals surface area (Å²) >= 11 is 0. The van der Waals surface area contributed by atoms with Gasteiger partial charge >= 0.3 is 0 Å². The molecule has 0 saturated heterocycles. The Bertz CT molecular complexity index is 157. The van der Waals surface area contributed by atoms with Gasteiger partial charge in [-0.1, -0.05) is 19.4 Å². The third kappa shape index (κ3) is 5.42. The van der Waals surface area contributed by atoms with E-state index < -0.39 is 0 Å². The normalized spacial score (nSPS) is 9.69. The van der Waals surface area contributed by atoms with Gasteiger partial charge in [0.2, 0.25) is 5.91 Å². The largest absolute Gasteiger partial charge is 0.395 e. The minimum Gasteiger partial charge on any atom is -0.395 e. The molecular formula is C10H19NO2. The second-order valence-corrected chi connectivity index (χ2v) is 2.96. The van der Waals surface area contributed by atoms with Gasteiger partial charge in [0.25, 0.3) is 0 Å². The van der Waals surface area contributed by atoms with Crippen molar-refractivity contribution in [2.75, 3.05) is 19.7 Å². The highest BCUT2D eigenvalue weighted by atomic mass is 16.3. The van der Waals surface area contributed by atoms with Gasteiger partial charge in [-0.2, -0.15) is 0 Å². The van der Waals surface area contributed by atoms with Crippen LogP contribution in [0.4, 0.5) is 0 Å². The average Bonchev–Trinajstić information content (AvgIpc) is 2.14. The minimum atomic E-state index is 0.0195. The van der Waals surface area contributed by atoms with Gasteiger partial charge in [-0.15, -0.1) is 6.58 Å². The summed E-state index contributed by atoms with van der Waals surface area (Å²) in [4.78, 5) is 13.1. The summed E-state index contributed by atoms with van der Waals surface area (Å²) < 4.78 is 0. The Morgan fingerprint density at radius 3 is 2.77 bits per heavy atom. The molecule has 0 aromatic heterocycles. The van der Waals surface area contributed by atoms with Crippen molar-refractivity contribution in [3.05, 3.63) is 12.7 Å². The molecule has 76 valence electrons. The molecule has 3 nitrogen and oxygen atoms in total. The molecule has 0 aliphatic rings. The number of carbonyl (C=O) groups excluding carboxylic acids is 1. The van der Waals surface area contributed by atoms with Gasteiger partial charge in [-0.05, 0) is 6.42 Å². The molecule has 0 fully saturated rings. The van der Waals surface area contributed by atoms with Crippen LogP contribution in [-0.2, 0) is 4.79 Å². The molecule has 0 bridgehead atoms. The van der Waals surface area contributed by atoms with E-state index in [-0.39, 0.29) is 12.5 Å². The molecule has 0 spiro atoms. The average molecular weight is 185 g/mol. The van der Waals surface area contributed by atoms with Crippen LogP contribution in [0.3, 0.4) is 0 Å². The van der Waals surface area contributed by atoms with Crippen LogP contribution >= 0.6 is 0 Å². The fourth-order valence-corrected chi connectivity index (χ4v) is 1.08. The molecule has 1 amide bonds. The second kappa shape index (κ2) is 7.80. The lowest BCUT2D eigenvalue weighted by Crippen LogP contribution is -2.33. The van der Waals surface area contributed by atoms with E-state index in [1.165, 1.54) is 0 Å². The number of nitrogens with zero attached hydrogens (tertiary/aromatic N) is 1. The molecule has 0 aromatic rings. The first-order chi connectivity index (χ1) is 6.26. The smallest absolute Gasteiger partial charge is 0.222 e. The Kier molecular flexibility index (Phi) is 7.30. The maximum Gasteiger partial charge on any atom is 0.222 e. The highest BCUT2D eigenvalue weighted by Crippen LogP contribution is 2.00. The number of unbranched alkanes of at least 4 members (excludes halogenated alkanes) is 1. The molecule has 0 saturated carbocycles. The fraction of sp³-hybridized carbons (Fsp3) is 0.700. The van der Waals surface area contributed by atoms with E-state index in [0.29, 0.717) is 19.5 Å². The van der Waals surface area contributed by atoms with Crippen LogP contribution in [0.25, 0.3) is 0 Å². The molecule has 0 aromatic carbocycles. The number of aliphatic hydroxyl groups excluding tert-OH is 1. The van der Waals surface area contributed by atoms with Crippen LogP contribution < -0.4 is 0 Å². The SMILES string of the molecule is C=CCN(CCO)C(=O)CCCC. The Morgan fingerprint density at radius 2 is 2.31 bits per heavy atom. The monoisotopic (exact) mass is 185 g/mol. The van der Waals surface area contributed by atoms with Crippen LogP contribution in [0.15, 0.2) is 12.7 Å². The van der Waals surface area contributed by atoms with E-state index in [9.17, 15) is 4.79 Å². The van der Waals surface area contributed by atoms with E-state index in [0.717, 1.165) is 12.8 Å². The van der Waals surface area contributed by atoms with Crippen LogP contribution in [-0.4, -0.2) is 35.6 Å². The van der Waals surface area contributed by atoms with Gasteiger partial charge in [-0.3, -0.25) is 4.79 Å². The third-order valence-corrected chi connectivity index (χ3v) is 1.82. The first-order valence-electron chi connectivity index (χ1n) is 4.75. The Balaban J connectivity index is 3.87. The van der Waals surface area contributed by atoms with E-state index in [1.807, 2.05) is 0 Å². The van der Waals surface area contributed by atoms with Crippen molar-refractivity contribution in [2.24, 2.45) is 0 Å². The van der Waals surface area contributed by atoms with E-state index in [1.54, 1.807) is 11.0 Å². The van der Waals surface area contributed by atoms with Gasteiger partial charge in [0, 0.05) is 19.5 Å². The zero-order valence-corrected chi connectivity index (χ0v) is 8.33. The maximum absolute atomic E-state index is 11.4. The summed E-state index contributed by atoms with van der Waals surface area (Å²) in [5.74, 6) is 0.107. The van der Waals surface area contributed by atoms with Crippen LogP contribution in [0.2, 0.25) is 0 Å². The van der Waals surface area contributed by atoms with Crippen molar-refractivity contribution >= 4 is 5.91 Å². The van der Waals surface area contributed by atoms with Gasteiger partial charge in [0.15, 0.2) is 0 Å². The number of rotatable bonds is 7. The molecule has 0 aliphatic heterocycles. The number of carbonyl (C=O) groups is 1. The predicted molar refractivity (Wildman–Crippen MR) is 53.4 cm³/mol. The van der Waals surface area contributed by atoms with Crippen molar-refractivity contribution < 1.29 is 9.90 Å². The van der Waals surface area contributed by atoms with Gasteiger partial charge in [-0.25, -0.2) is 0 Å². The second-order valence-electron chi connectivity index (χ2n) is 2.96. The Morgan fingerprint density at radius 1 is 1.62 bits per heavy atom. The quantitative estimate of drug-likeness (QED) is 0.605. The summed E-state index contributed by atoms with van der Waals surface area (Å²) in [6.45, 7) is 6.58.